The summed E-state index contributed by atoms with van der Waals surface area (Å²) in [6.07, 6.45) is -1.61. The number of nitrogens with one attached hydrogen (secondary N) is 1. The van der Waals surface area contributed by atoms with Crippen LogP contribution in [0.3, 0.4) is 0 Å². The smallest absolute Gasteiger partial charge is 0.369 e. The van der Waals surface area contributed by atoms with E-state index in [1.54, 1.807) is 23.1 Å². The molecule has 6 rings (SSSR count). The highest BCUT2D eigenvalue weighted by molar-refractivity contribution is 6.20. The van der Waals surface area contributed by atoms with Gasteiger partial charge in [-0.15, -0.1) is 6.58 Å². The van der Waals surface area contributed by atoms with Crippen molar-refractivity contribution < 1.29 is 27.6 Å². The summed E-state index contributed by atoms with van der Waals surface area (Å²) in [5.41, 5.74) is 9.53. The van der Waals surface area contributed by atoms with Crippen LogP contribution in [-0.2, 0) is 27.1 Å². The van der Waals surface area contributed by atoms with Crippen LogP contribution in [0.15, 0.2) is 121 Å². The number of fused-ring (bicyclic) bond motifs is 1. The Morgan fingerprint density at radius 3 is 2.24 bits per heavy atom. The van der Waals surface area contributed by atoms with Crippen LogP contribution in [0.25, 0.3) is 11.1 Å². The molecule has 0 radical (unpaired) electrons. The molecule has 7 nitrogen and oxygen atoms in total. The van der Waals surface area contributed by atoms with Gasteiger partial charge in [-0.3, -0.25) is 14.4 Å². The Balaban J connectivity index is 1.38. The van der Waals surface area contributed by atoms with Crippen molar-refractivity contribution in [1.29, 1.82) is 0 Å². The molecular formula is C40H37F3N4O3. The molecule has 10 heteroatoms. The predicted molar refractivity (Wildman–Crippen MR) is 187 cm³/mol. The normalized spacial score (nSPS) is 17.2. The molecule has 1 saturated carbocycles. The molecular weight excluding hydrogens is 641 g/mol. The first kappa shape index (κ1) is 34.4. The number of amides is 3. The van der Waals surface area contributed by atoms with Crippen LogP contribution in [0.5, 0.6) is 0 Å². The number of allylic oxidation sites excluding steroid dienone is 1. The number of hydrogen-bond donors (Lipinski definition) is 2. The second-order valence-corrected chi connectivity index (χ2v) is 12.8. The molecule has 3 atom stereocenters. The van der Waals surface area contributed by atoms with Crippen molar-refractivity contribution in [2.45, 2.75) is 44.6 Å². The van der Waals surface area contributed by atoms with Crippen molar-refractivity contribution in [2.24, 2.45) is 28.5 Å². The lowest BCUT2D eigenvalue weighted by Gasteiger charge is -2.28. The van der Waals surface area contributed by atoms with E-state index in [1.807, 2.05) is 66.7 Å². The lowest BCUT2D eigenvalue weighted by atomic mass is 9.84. The van der Waals surface area contributed by atoms with E-state index < -0.39 is 47.5 Å². The summed E-state index contributed by atoms with van der Waals surface area (Å²) < 4.78 is 39.6. The van der Waals surface area contributed by atoms with Crippen LogP contribution < -0.4 is 16.0 Å². The maximum atomic E-state index is 14.6. The third-order valence-electron chi connectivity index (χ3n) is 9.24. The fourth-order valence-corrected chi connectivity index (χ4v) is 6.46. The highest BCUT2D eigenvalue weighted by Crippen LogP contribution is 2.39. The summed E-state index contributed by atoms with van der Waals surface area (Å²) in [6.45, 7) is 3.83. The zero-order chi connectivity index (χ0) is 35.4. The average molecular weight is 679 g/mol. The number of para-hydroxylation sites is 1. The lowest BCUT2D eigenvalue weighted by Crippen LogP contribution is -2.50. The summed E-state index contributed by atoms with van der Waals surface area (Å²) >= 11 is 0. The SMILES string of the molecule is C=CC[C@H](C(N)=O)[C@@H](CC1CC1)C(=O)NC1N=C(c2ccccc2)c2ccccc2N(Cc2cccc(-c3ccc(C(F)(F)F)cc3)c2)C1=O. The monoisotopic (exact) mass is 678 g/mol. The van der Waals surface area contributed by atoms with E-state index in [9.17, 15) is 27.6 Å². The molecule has 0 spiro atoms. The van der Waals surface area contributed by atoms with Gasteiger partial charge >= 0.3 is 6.18 Å². The largest absolute Gasteiger partial charge is 0.416 e. The Bertz CT molecular complexity index is 1920. The van der Waals surface area contributed by atoms with E-state index in [-0.39, 0.29) is 13.0 Å². The fraction of sp³-hybridized carbons (Fsp3) is 0.250. The van der Waals surface area contributed by atoms with Crippen LogP contribution in [-0.4, -0.2) is 29.6 Å². The Labute approximate surface area is 288 Å². The third-order valence-corrected chi connectivity index (χ3v) is 9.24. The Kier molecular flexibility index (Phi) is 9.99. The minimum absolute atomic E-state index is 0.0835. The van der Waals surface area contributed by atoms with E-state index in [1.165, 1.54) is 12.1 Å². The van der Waals surface area contributed by atoms with Gasteiger partial charge in [0.2, 0.25) is 18.0 Å². The molecule has 50 heavy (non-hydrogen) atoms. The number of carbonyl (C=O) groups is 3. The Morgan fingerprint density at radius 1 is 0.900 bits per heavy atom. The van der Waals surface area contributed by atoms with Crippen molar-refractivity contribution in [3.63, 3.8) is 0 Å². The van der Waals surface area contributed by atoms with E-state index in [0.717, 1.165) is 30.5 Å². The van der Waals surface area contributed by atoms with E-state index >= 15 is 0 Å². The van der Waals surface area contributed by atoms with Crippen LogP contribution in [0.2, 0.25) is 0 Å². The molecule has 0 saturated heterocycles. The molecule has 0 bridgehead atoms. The van der Waals surface area contributed by atoms with Gasteiger partial charge in [-0.1, -0.05) is 97.8 Å². The maximum Gasteiger partial charge on any atom is 0.416 e. The lowest BCUT2D eigenvalue weighted by molar-refractivity contribution is -0.137. The van der Waals surface area contributed by atoms with Crippen molar-refractivity contribution in [2.75, 3.05) is 4.90 Å². The second kappa shape index (κ2) is 14.5. The fourth-order valence-electron chi connectivity index (χ4n) is 6.46. The minimum Gasteiger partial charge on any atom is -0.369 e. The number of rotatable bonds is 12. The summed E-state index contributed by atoms with van der Waals surface area (Å²) in [4.78, 5) is 47.6. The number of primary amides is 1. The average Bonchev–Trinajstić information content (AvgIpc) is 3.95. The van der Waals surface area contributed by atoms with Gasteiger partial charge in [0.1, 0.15) is 0 Å². The van der Waals surface area contributed by atoms with Crippen molar-refractivity contribution in [3.05, 3.63) is 138 Å². The molecule has 4 aromatic rings. The third kappa shape index (κ3) is 7.70. The van der Waals surface area contributed by atoms with Gasteiger partial charge in [0, 0.05) is 11.1 Å². The second-order valence-electron chi connectivity index (χ2n) is 12.8. The van der Waals surface area contributed by atoms with Gasteiger partial charge < -0.3 is 16.0 Å². The quantitative estimate of drug-likeness (QED) is 0.154. The molecule has 3 N–H and O–H groups in total. The number of nitrogens with two attached hydrogens (primary N) is 1. The summed E-state index contributed by atoms with van der Waals surface area (Å²) in [7, 11) is 0. The van der Waals surface area contributed by atoms with Crippen LogP contribution in [0, 0.1) is 17.8 Å². The number of halogens is 3. The molecule has 3 amide bonds. The summed E-state index contributed by atoms with van der Waals surface area (Å²) in [5, 5.41) is 2.89. The molecule has 1 heterocycles. The molecule has 256 valence electrons. The topological polar surface area (TPSA) is 105 Å². The number of alkyl halides is 3. The zero-order valence-electron chi connectivity index (χ0n) is 27.3. The van der Waals surface area contributed by atoms with E-state index in [4.69, 9.17) is 10.7 Å². The summed E-state index contributed by atoms with van der Waals surface area (Å²) in [5.74, 6) is -2.82. The molecule has 1 unspecified atom stereocenters. The van der Waals surface area contributed by atoms with Gasteiger partial charge in [0.05, 0.1) is 35.3 Å². The number of nitrogens with zero attached hydrogens (tertiary/aromatic N) is 2. The maximum absolute atomic E-state index is 14.6. The van der Waals surface area contributed by atoms with Crippen molar-refractivity contribution in [3.8, 4) is 11.1 Å². The predicted octanol–water partition coefficient (Wildman–Crippen LogP) is 7.29. The molecule has 1 fully saturated rings. The van der Waals surface area contributed by atoms with Crippen LogP contribution in [0.1, 0.15) is 47.9 Å². The van der Waals surface area contributed by atoms with Crippen LogP contribution >= 0.6 is 0 Å². The first-order valence-corrected chi connectivity index (χ1v) is 16.5. The number of benzene rings is 4. The zero-order valence-corrected chi connectivity index (χ0v) is 27.3. The first-order valence-electron chi connectivity index (χ1n) is 16.5. The first-order chi connectivity index (χ1) is 24.0. The minimum atomic E-state index is -4.45. The van der Waals surface area contributed by atoms with E-state index in [0.29, 0.717) is 46.0 Å². The number of benzodiazepines with no additional fused rings is 1. The highest BCUT2D eigenvalue weighted by atomic mass is 19.4. The standard InChI is InChI=1S/C40H37F3N4O3/c1-2-9-31(36(44)48)33(23-25-16-17-25)38(49)46-37-39(50)47(34-15-7-6-14-32(34)35(45-37)28-11-4-3-5-12-28)24-26-10-8-13-29(22-26)27-18-20-30(21-19-27)40(41,42)43/h2-8,10-15,18-22,25,31,33,37H,1,9,16-17,23-24H2,(H2,44,48)(H,46,49)/t31-,33+,37?/m0/s1. The van der Waals surface area contributed by atoms with E-state index in [2.05, 4.69) is 11.9 Å². The van der Waals surface area contributed by atoms with Gasteiger partial charge in [-0.2, -0.15) is 13.2 Å². The molecule has 0 aromatic heterocycles. The van der Waals surface area contributed by atoms with Gasteiger partial charge in [0.15, 0.2) is 0 Å². The van der Waals surface area contributed by atoms with Crippen molar-refractivity contribution >= 4 is 29.1 Å². The Morgan fingerprint density at radius 2 is 1.58 bits per heavy atom. The highest BCUT2D eigenvalue weighted by Gasteiger charge is 2.40. The Hall–Kier alpha value is -5.51. The molecule has 1 aliphatic carbocycles. The van der Waals surface area contributed by atoms with Crippen LogP contribution in [0.4, 0.5) is 18.9 Å². The van der Waals surface area contributed by atoms with Gasteiger partial charge in [-0.05, 0) is 59.7 Å². The number of aliphatic imine (C=N–C) groups is 1. The molecule has 1 aliphatic heterocycles. The number of hydrogen-bond acceptors (Lipinski definition) is 4. The molecule has 2 aliphatic rings. The molecule has 4 aromatic carbocycles. The van der Waals surface area contributed by atoms with Gasteiger partial charge in [0.25, 0.3) is 5.91 Å². The number of anilines is 1. The van der Waals surface area contributed by atoms with Gasteiger partial charge in [-0.25, -0.2) is 4.99 Å². The number of carbonyl (C=O) groups excluding carboxylic acids is 3. The summed E-state index contributed by atoms with van der Waals surface area (Å²) in [6, 6.07) is 28.9. The van der Waals surface area contributed by atoms with Crippen molar-refractivity contribution in [1.82, 2.24) is 5.32 Å².